The smallest absolute Gasteiger partial charge is 0.244 e. The molecule has 0 aromatic heterocycles. The summed E-state index contributed by atoms with van der Waals surface area (Å²) in [5, 5.41) is 2.83. The number of carbonyl (C=O) groups excluding carboxylic acids is 1. The average molecular weight is 264 g/mol. The lowest BCUT2D eigenvalue weighted by Gasteiger charge is -2.36. The minimum Gasteiger partial charge on any atom is -0.493 e. The van der Waals surface area contributed by atoms with Crippen LogP contribution in [0, 0.1) is 0 Å². The van der Waals surface area contributed by atoms with Crippen molar-refractivity contribution in [3.63, 3.8) is 0 Å². The first-order valence-corrected chi connectivity index (χ1v) is 6.50. The highest BCUT2D eigenvalue weighted by Crippen LogP contribution is 2.33. The van der Waals surface area contributed by atoms with E-state index in [1.807, 2.05) is 6.92 Å². The van der Waals surface area contributed by atoms with Crippen LogP contribution in [0.15, 0.2) is 18.2 Å². The van der Waals surface area contributed by atoms with Crippen LogP contribution < -0.4 is 20.5 Å². The summed E-state index contributed by atoms with van der Waals surface area (Å²) in [6.45, 7) is 2.43. The molecule has 0 unspecified atom stereocenters. The number of amides is 1. The second-order valence-corrected chi connectivity index (χ2v) is 4.76. The first-order chi connectivity index (χ1) is 9.09. The summed E-state index contributed by atoms with van der Waals surface area (Å²) in [6, 6.07) is 5.30. The number of methoxy groups -OCH3 is 1. The monoisotopic (exact) mass is 264 g/mol. The maximum atomic E-state index is 12.0. The quantitative estimate of drug-likeness (QED) is 0.852. The molecule has 104 valence electrons. The van der Waals surface area contributed by atoms with Crippen molar-refractivity contribution in [2.45, 2.75) is 31.7 Å². The normalized spacial score (nSPS) is 16.4. The zero-order chi connectivity index (χ0) is 13.9. The van der Waals surface area contributed by atoms with Gasteiger partial charge in [-0.3, -0.25) is 4.79 Å². The van der Waals surface area contributed by atoms with E-state index in [0.717, 1.165) is 19.3 Å². The van der Waals surface area contributed by atoms with Gasteiger partial charge in [-0.15, -0.1) is 0 Å². The molecule has 0 bridgehead atoms. The number of hydrogen-bond donors (Lipinski definition) is 2. The summed E-state index contributed by atoms with van der Waals surface area (Å²) >= 11 is 0. The predicted octanol–water partition coefficient (Wildman–Crippen LogP) is 1.91. The molecule has 1 aromatic rings. The SMILES string of the molecule is CCOc1cc(NC(=O)C2(N)CCC2)ccc1OC. The Labute approximate surface area is 113 Å². The Balaban J connectivity index is 2.12. The Hall–Kier alpha value is -1.75. The number of ether oxygens (including phenoxy) is 2. The van der Waals surface area contributed by atoms with E-state index in [-0.39, 0.29) is 5.91 Å². The van der Waals surface area contributed by atoms with Gasteiger partial charge in [0.2, 0.25) is 5.91 Å². The highest BCUT2D eigenvalue weighted by atomic mass is 16.5. The number of rotatable bonds is 5. The summed E-state index contributed by atoms with van der Waals surface area (Å²) in [7, 11) is 1.58. The molecule has 1 fully saturated rings. The third kappa shape index (κ3) is 2.81. The second kappa shape index (κ2) is 5.48. The van der Waals surface area contributed by atoms with Gasteiger partial charge in [0.1, 0.15) is 0 Å². The minimum atomic E-state index is -0.703. The van der Waals surface area contributed by atoms with Crippen LogP contribution in [0.1, 0.15) is 26.2 Å². The Morgan fingerprint density at radius 2 is 2.16 bits per heavy atom. The molecule has 0 saturated heterocycles. The van der Waals surface area contributed by atoms with Crippen LogP contribution in [0.5, 0.6) is 11.5 Å². The Morgan fingerprint density at radius 1 is 1.42 bits per heavy atom. The number of nitrogens with one attached hydrogen (secondary N) is 1. The zero-order valence-electron chi connectivity index (χ0n) is 11.4. The molecule has 1 saturated carbocycles. The molecule has 1 aliphatic rings. The number of nitrogens with two attached hydrogens (primary N) is 1. The lowest BCUT2D eigenvalue weighted by Crippen LogP contribution is -2.56. The van der Waals surface area contributed by atoms with Crippen molar-refractivity contribution in [2.75, 3.05) is 19.0 Å². The van der Waals surface area contributed by atoms with Crippen molar-refractivity contribution < 1.29 is 14.3 Å². The van der Waals surface area contributed by atoms with E-state index in [0.29, 0.717) is 23.8 Å². The average Bonchev–Trinajstić information content (AvgIpc) is 2.36. The lowest BCUT2D eigenvalue weighted by atomic mass is 9.77. The van der Waals surface area contributed by atoms with Crippen LogP contribution in [-0.4, -0.2) is 25.2 Å². The van der Waals surface area contributed by atoms with Gasteiger partial charge in [-0.25, -0.2) is 0 Å². The molecule has 0 atom stereocenters. The third-order valence-electron chi connectivity index (χ3n) is 3.42. The van der Waals surface area contributed by atoms with Gasteiger partial charge in [0.25, 0.3) is 0 Å². The van der Waals surface area contributed by atoms with Crippen molar-refractivity contribution in [2.24, 2.45) is 5.73 Å². The standard InChI is InChI=1S/C14H20N2O3/c1-3-19-12-9-10(5-6-11(12)18-2)16-13(17)14(15)7-4-8-14/h5-6,9H,3-4,7-8,15H2,1-2H3,(H,16,17). The van der Waals surface area contributed by atoms with E-state index in [4.69, 9.17) is 15.2 Å². The molecule has 5 nitrogen and oxygen atoms in total. The molecule has 0 heterocycles. The summed E-state index contributed by atoms with van der Waals surface area (Å²) in [5.74, 6) is 1.12. The highest BCUT2D eigenvalue weighted by molar-refractivity contribution is 5.98. The van der Waals surface area contributed by atoms with Crippen LogP contribution in [0.25, 0.3) is 0 Å². The summed E-state index contributed by atoms with van der Waals surface area (Å²) in [4.78, 5) is 12.0. The first-order valence-electron chi connectivity index (χ1n) is 6.50. The van der Waals surface area contributed by atoms with E-state index in [2.05, 4.69) is 5.32 Å². The van der Waals surface area contributed by atoms with Crippen molar-refractivity contribution in [1.29, 1.82) is 0 Å². The molecule has 2 rings (SSSR count). The van der Waals surface area contributed by atoms with Crippen molar-refractivity contribution in [3.05, 3.63) is 18.2 Å². The topological polar surface area (TPSA) is 73.6 Å². The zero-order valence-corrected chi connectivity index (χ0v) is 11.4. The van der Waals surface area contributed by atoms with Gasteiger partial charge in [0, 0.05) is 11.8 Å². The Bertz CT molecular complexity index is 470. The van der Waals surface area contributed by atoms with E-state index < -0.39 is 5.54 Å². The van der Waals surface area contributed by atoms with Crippen molar-refractivity contribution in [1.82, 2.24) is 0 Å². The maximum absolute atomic E-state index is 12.0. The number of carbonyl (C=O) groups is 1. The molecular weight excluding hydrogens is 244 g/mol. The molecule has 0 spiro atoms. The lowest BCUT2D eigenvalue weighted by molar-refractivity contribution is -0.123. The van der Waals surface area contributed by atoms with E-state index >= 15 is 0 Å². The number of anilines is 1. The van der Waals surface area contributed by atoms with E-state index in [9.17, 15) is 4.79 Å². The number of hydrogen-bond acceptors (Lipinski definition) is 4. The fourth-order valence-electron chi connectivity index (χ4n) is 2.06. The summed E-state index contributed by atoms with van der Waals surface area (Å²) in [6.07, 6.45) is 2.50. The second-order valence-electron chi connectivity index (χ2n) is 4.76. The van der Waals surface area contributed by atoms with Gasteiger partial charge in [-0.2, -0.15) is 0 Å². The van der Waals surface area contributed by atoms with Gasteiger partial charge in [0.05, 0.1) is 19.3 Å². The van der Waals surface area contributed by atoms with Gasteiger partial charge < -0.3 is 20.5 Å². The van der Waals surface area contributed by atoms with Gasteiger partial charge in [-0.1, -0.05) is 0 Å². The molecule has 0 radical (unpaired) electrons. The fraction of sp³-hybridized carbons (Fsp3) is 0.500. The summed E-state index contributed by atoms with van der Waals surface area (Å²) < 4.78 is 10.7. The van der Waals surface area contributed by atoms with Crippen LogP contribution >= 0.6 is 0 Å². The molecule has 1 aliphatic carbocycles. The van der Waals surface area contributed by atoms with Gasteiger partial charge >= 0.3 is 0 Å². The fourth-order valence-corrected chi connectivity index (χ4v) is 2.06. The molecule has 1 amide bonds. The van der Waals surface area contributed by atoms with Crippen molar-refractivity contribution >= 4 is 11.6 Å². The first kappa shape index (κ1) is 13.7. The van der Waals surface area contributed by atoms with Gasteiger partial charge in [0.15, 0.2) is 11.5 Å². The molecular formula is C14H20N2O3. The van der Waals surface area contributed by atoms with Crippen molar-refractivity contribution in [3.8, 4) is 11.5 Å². The van der Waals surface area contributed by atoms with Crippen LogP contribution in [0.3, 0.4) is 0 Å². The predicted molar refractivity (Wildman–Crippen MR) is 73.6 cm³/mol. The Kier molecular flexibility index (Phi) is 3.95. The minimum absolute atomic E-state index is 0.133. The molecule has 19 heavy (non-hydrogen) atoms. The van der Waals surface area contributed by atoms with E-state index in [1.54, 1.807) is 25.3 Å². The van der Waals surface area contributed by atoms with Gasteiger partial charge in [-0.05, 0) is 38.3 Å². The molecule has 5 heteroatoms. The van der Waals surface area contributed by atoms with E-state index in [1.165, 1.54) is 0 Å². The van der Waals surface area contributed by atoms with Crippen LogP contribution in [0.4, 0.5) is 5.69 Å². The highest BCUT2D eigenvalue weighted by Gasteiger charge is 2.40. The Morgan fingerprint density at radius 3 is 2.68 bits per heavy atom. The maximum Gasteiger partial charge on any atom is 0.244 e. The molecule has 1 aromatic carbocycles. The third-order valence-corrected chi connectivity index (χ3v) is 3.42. The van der Waals surface area contributed by atoms with Crippen LogP contribution in [-0.2, 0) is 4.79 Å². The van der Waals surface area contributed by atoms with Crippen LogP contribution in [0.2, 0.25) is 0 Å². The summed E-state index contributed by atoms with van der Waals surface area (Å²) in [5.41, 5.74) is 5.95. The largest absolute Gasteiger partial charge is 0.493 e. The number of benzene rings is 1. The molecule has 3 N–H and O–H groups in total. The molecule has 0 aliphatic heterocycles.